The summed E-state index contributed by atoms with van der Waals surface area (Å²) in [5, 5.41) is 12.5. The van der Waals surface area contributed by atoms with Gasteiger partial charge >= 0.3 is 163 Å². The topological polar surface area (TPSA) is 58.9 Å². The third-order valence-corrected chi connectivity index (χ3v) is 10.1. The number of hydrogen-bond donors (Lipinski definition) is 1. The Morgan fingerprint density at radius 1 is 1.38 bits per heavy atom. The van der Waals surface area contributed by atoms with Crippen LogP contribution in [-0.2, 0) is 4.74 Å². The number of fused-ring (bicyclic) bond motifs is 2. The zero-order valence-electron chi connectivity index (χ0n) is 17.5. The molecule has 2 fully saturated rings. The summed E-state index contributed by atoms with van der Waals surface area (Å²) >= 11 is -1.61. The van der Waals surface area contributed by atoms with Gasteiger partial charge in [0.1, 0.15) is 0 Å². The second kappa shape index (κ2) is 7.85. The van der Waals surface area contributed by atoms with Crippen molar-refractivity contribution in [1.82, 2.24) is 0 Å². The maximum atomic E-state index is 12.3. The molecule has 0 aromatic rings. The molecule has 0 radical (unpaired) electrons. The van der Waals surface area contributed by atoms with Crippen LogP contribution in [0.15, 0.2) is 16.1 Å². The predicted octanol–water partition coefficient (Wildman–Crippen LogP) is 5.58. The molecule has 2 saturated carbocycles. The molecule has 0 saturated heterocycles. The fraction of sp³-hybridized carbons (Fsp3) is 0.857. The Bertz CT molecular complexity index is 589. The molecule has 0 aromatic carbocycles. The number of nitrogens with zero attached hydrogens (tertiary/aromatic N) is 1. The van der Waals surface area contributed by atoms with Crippen molar-refractivity contribution in [2.75, 3.05) is 0 Å². The van der Waals surface area contributed by atoms with E-state index in [2.05, 4.69) is 43.8 Å². The van der Waals surface area contributed by atoms with Crippen LogP contribution in [0.25, 0.3) is 0 Å². The quantitative estimate of drug-likeness (QED) is 0.458. The van der Waals surface area contributed by atoms with E-state index in [1.165, 1.54) is 6.42 Å². The Kier molecular flexibility index (Phi) is 6.58. The van der Waals surface area contributed by atoms with Crippen molar-refractivity contribution in [2.24, 2.45) is 26.6 Å². The second-order valence-corrected chi connectivity index (χ2v) is 13.5. The molecule has 150 valence electrons. The zero-order valence-corrected chi connectivity index (χ0v) is 19.3. The van der Waals surface area contributed by atoms with Gasteiger partial charge in [-0.15, -0.1) is 0 Å². The first-order chi connectivity index (χ1) is 11.9. The molecule has 1 N–H and O–H groups in total. The van der Waals surface area contributed by atoms with E-state index in [4.69, 9.17) is 4.74 Å². The van der Waals surface area contributed by atoms with Crippen molar-refractivity contribution in [3.05, 3.63) is 12.2 Å². The van der Waals surface area contributed by atoms with Gasteiger partial charge < -0.3 is 0 Å². The van der Waals surface area contributed by atoms with Crippen molar-refractivity contribution in [3.63, 3.8) is 0 Å². The monoisotopic (exact) mass is 431 g/mol. The van der Waals surface area contributed by atoms with Crippen LogP contribution in [0.1, 0.15) is 67.7 Å². The molecule has 0 aromatic heterocycles. The van der Waals surface area contributed by atoms with Gasteiger partial charge in [-0.3, -0.25) is 0 Å². The minimum absolute atomic E-state index is 0.0838. The van der Waals surface area contributed by atoms with Gasteiger partial charge in [0.2, 0.25) is 0 Å². The van der Waals surface area contributed by atoms with Crippen molar-refractivity contribution >= 4 is 19.8 Å². The second-order valence-electron chi connectivity index (χ2n) is 9.88. The van der Waals surface area contributed by atoms with Gasteiger partial charge in [0, 0.05) is 0 Å². The van der Waals surface area contributed by atoms with E-state index in [-0.39, 0.29) is 16.9 Å². The van der Waals surface area contributed by atoms with Gasteiger partial charge in [-0.25, -0.2) is 0 Å². The number of carbonyl (C=O) groups excluding carboxylic acids is 1. The molecule has 0 aliphatic heterocycles. The van der Waals surface area contributed by atoms with Gasteiger partial charge in [0.05, 0.1) is 0 Å². The predicted molar refractivity (Wildman–Crippen MR) is 108 cm³/mol. The summed E-state index contributed by atoms with van der Waals surface area (Å²) in [7, 11) is 0. The molecule has 4 atom stereocenters. The first-order valence-corrected chi connectivity index (χ1v) is 13.0. The first kappa shape index (κ1) is 21.8. The summed E-state index contributed by atoms with van der Waals surface area (Å²) in [4.78, 5) is 12.3. The normalized spacial score (nSPS) is 31.9. The van der Waals surface area contributed by atoms with E-state index in [1.807, 2.05) is 20.8 Å². The number of amides is 1. The molecule has 5 heteroatoms. The molecule has 2 aliphatic carbocycles. The molecule has 1 amide bonds. The number of aliphatic hydroxyl groups excluding tert-OH is 1. The van der Waals surface area contributed by atoms with Gasteiger partial charge in [0.15, 0.2) is 0 Å². The van der Waals surface area contributed by atoms with Gasteiger partial charge in [-0.2, -0.15) is 0 Å². The Labute approximate surface area is 163 Å². The Morgan fingerprint density at radius 3 is 2.50 bits per heavy atom. The van der Waals surface area contributed by atoms with Gasteiger partial charge in [-0.05, 0) is 0 Å². The average molecular weight is 430 g/mol. The Morgan fingerprint density at radius 2 is 2.04 bits per heavy atom. The molecule has 26 heavy (non-hydrogen) atoms. The molecule has 2 aliphatic rings. The van der Waals surface area contributed by atoms with E-state index in [1.54, 1.807) is 0 Å². The fourth-order valence-corrected chi connectivity index (χ4v) is 9.12. The maximum absolute atomic E-state index is 12.3. The Balaban J connectivity index is 2.25. The number of ether oxygens (including phenoxy) is 1. The molecular formula is C21H37NO3Se. The first-order valence-electron chi connectivity index (χ1n) is 9.84. The summed E-state index contributed by atoms with van der Waals surface area (Å²) < 4.78 is 9.99. The molecule has 4 unspecified atom stereocenters. The van der Waals surface area contributed by atoms with Crippen LogP contribution in [-0.4, -0.2) is 36.6 Å². The number of carbonyl (C=O) groups is 1. The van der Waals surface area contributed by atoms with Crippen molar-refractivity contribution in [1.29, 1.82) is 0 Å². The van der Waals surface area contributed by atoms with Gasteiger partial charge in [-0.1, -0.05) is 0 Å². The summed E-state index contributed by atoms with van der Waals surface area (Å²) in [6.45, 7) is 14.5. The van der Waals surface area contributed by atoms with Gasteiger partial charge in [0.25, 0.3) is 0 Å². The fourth-order valence-electron chi connectivity index (χ4n) is 4.63. The summed E-state index contributed by atoms with van der Waals surface area (Å²) in [6.07, 6.45) is 6.83. The molecule has 2 rings (SSSR count). The van der Waals surface area contributed by atoms with Crippen LogP contribution in [0.2, 0.25) is 10.6 Å². The Hall–Kier alpha value is -0.511. The molecule has 2 bridgehead atoms. The molecule has 0 heterocycles. The molecule has 0 spiro atoms. The van der Waals surface area contributed by atoms with E-state index in [0.29, 0.717) is 11.8 Å². The van der Waals surface area contributed by atoms with E-state index < -0.39 is 25.4 Å². The number of aliphatic hydroxyl groups is 1. The van der Waals surface area contributed by atoms with Crippen LogP contribution in [0.4, 0.5) is 4.79 Å². The van der Waals surface area contributed by atoms with Crippen LogP contribution in [0.3, 0.4) is 0 Å². The number of allylic oxidation sites excluding steroid dienone is 2. The molecular weight excluding hydrogens is 393 g/mol. The summed E-state index contributed by atoms with van der Waals surface area (Å²) in [5.74, 6) is 1.09. The zero-order chi connectivity index (χ0) is 19.8. The SMILES string of the molecule is CC(C)/C=C/C/[Se](CC12CCC(CC1O)C2(C)C)=N\C(=O)OC(C)(C)C. The van der Waals surface area contributed by atoms with Crippen molar-refractivity contribution in [3.8, 4) is 0 Å². The summed E-state index contributed by atoms with van der Waals surface area (Å²) in [5.41, 5.74) is -0.479. The van der Waals surface area contributed by atoms with Crippen molar-refractivity contribution < 1.29 is 14.6 Å². The third kappa shape index (κ3) is 4.66. The standard InChI is InChI=1S/C21H37NO3Se/c1-15(2)9-8-12-26(22-18(24)25-19(3,4)5)14-21-11-10-16(13-17(21)23)20(21,6)7/h8-9,15-17,23H,10-14H2,1-7H3/b9-8+. The van der Waals surface area contributed by atoms with E-state index in [0.717, 1.165) is 23.5 Å². The average Bonchev–Trinajstić information content (AvgIpc) is 2.78. The van der Waals surface area contributed by atoms with E-state index in [9.17, 15) is 9.90 Å². The number of rotatable bonds is 5. The minimum atomic E-state index is -1.61. The van der Waals surface area contributed by atoms with Crippen LogP contribution in [0, 0.1) is 22.7 Å². The van der Waals surface area contributed by atoms with E-state index >= 15 is 0 Å². The number of hydrogen-bond acceptors (Lipinski definition) is 3. The van der Waals surface area contributed by atoms with Crippen LogP contribution < -0.4 is 0 Å². The third-order valence-electron chi connectivity index (χ3n) is 6.22. The van der Waals surface area contributed by atoms with Crippen molar-refractivity contribution in [2.45, 2.75) is 90.1 Å². The molecule has 4 nitrogen and oxygen atoms in total. The van der Waals surface area contributed by atoms with Crippen LogP contribution in [0.5, 0.6) is 0 Å². The van der Waals surface area contributed by atoms with Crippen LogP contribution >= 0.6 is 0 Å². The summed E-state index contributed by atoms with van der Waals surface area (Å²) in [6, 6.07) is 0.